The predicted molar refractivity (Wildman–Crippen MR) is 107 cm³/mol. The third-order valence-electron chi connectivity index (χ3n) is 5.84. The van der Waals surface area contributed by atoms with Crippen LogP contribution in [0.3, 0.4) is 0 Å². The van der Waals surface area contributed by atoms with E-state index in [4.69, 9.17) is 5.21 Å². The van der Waals surface area contributed by atoms with E-state index in [1.54, 1.807) is 23.7 Å². The lowest BCUT2D eigenvalue weighted by molar-refractivity contribution is -0.137. The number of hydrogen-bond acceptors (Lipinski definition) is 3. The van der Waals surface area contributed by atoms with Crippen molar-refractivity contribution in [2.75, 3.05) is 6.54 Å². The summed E-state index contributed by atoms with van der Waals surface area (Å²) >= 11 is 0. The maximum absolute atomic E-state index is 13.4. The maximum Gasteiger partial charge on any atom is 0.274 e. The van der Waals surface area contributed by atoms with Gasteiger partial charge in [0.15, 0.2) is 0 Å². The van der Waals surface area contributed by atoms with Crippen LogP contribution in [0.15, 0.2) is 42.5 Å². The molecule has 2 aliphatic rings. The third-order valence-corrected chi connectivity index (χ3v) is 5.84. The zero-order chi connectivity index (χ0) is 19.0. The van der Waals surface area contributed by atoms with E-state index in [9.17, 15) is 14.0 Å². The van der Waals surface area contributed by atoms with Gasteiger partial charge in [0, 0.05) is 18.7 Å². The van der Waals surface area contributed by atoms with Gasteiger partial charge in [0.05, 0.1) is 5.41 Å². The van der Waals surface area contributed by atoms with Gasteiger partial charge in [-0.3, -0.25) is 14.8 Å². The quantitative estimate of drug-likeness (QED) is 0.613. The normalized spacial score (nSPS) is 20.6. The Balaban J connectivity index is 0.00000225. The standard InChI is InChI=1S/C21H21FN2O3.H2S/c22-18-3-1-2-14(10-18)13-24-9-8-21(20(24)26)7-6-15-11-16(19(25)23-27)4-5-17(15)12-21;/h1-5,10-11,27H,6-9,12-13H2,(H,23,25);1H2/t21-;/m1./s1. The van der Waals surface area contributed by atoms with Crippen molar-refractivity contribution in [2.45, 2.75) is 32.2 Å². The largest absolute Gasteiger partial charge is 0.338 e. The molecule has 1 spiro atoms. The van der Waals surface area contributed by atoms with E-state index < -0.39 is 11.3 Å². The molecule has 2 amide bonds. The van der Waals surface area contributed by atoms with Crippen LogP contribution in [-0.4, -0.2) is 28.5 Å². The first-order valence-electron chi connectivity index (χ1n) is 9.11. The molecule has 1 aliphatic heterocycles. The van der Waals surface area contributed by atoms with Crippen molar-refractivity contribution in [3.63, 3.8) is 0 Å². The van der Waals surface area contributed by atoms with Crippen LogP contribution in [0.25, 0.3) is 0 Å². The molecule has 0 bridgehead atoms. The maximum atomic E-state index is 13.4. The minimum Gasteiger partial charge on any atom is -0.338 e. The molecule has 0 aromatic heterocycles. The number of likely N-dealkylation sites (tertiary alicyclic amines) is 1. The second kappa shape index (κ2) is 7.93. The number of amides is 2. The molecule has 28 heavy (non-hydrogen) atoms. The smallest absolute Gasteiger partial charge is 0.274 e. The number of hydroxylamine groups is 1. The fourth-order valence-corrected chi connectivity index (χ4v) is 4.36. The third kappa shape index (κ3) is 3.64. The molecule has 2 aromatic carbocycles. The summed E-state index contributed by atoms with van der Waals surface area (Å²) in [4.78, 5) is 26.6. The van der Waals surface area contributed by atoms with E-state index in [0.717, 1.165) is 36.0 Å². The highest BCUT2D eigenvalue weighted by molar-refractivity contribution is 7.59. The van der Waals surface area contributed by atoms with Crippen molar-refractivity contribution in [2.24, 2.45) is 5.41 Å². The van der Waals surface area contributed by atoms with Crippen LogP contribution in [0, 0.1) is 11.2 Å². The molecule has 0 saturated carbocycles. The summed E-state index contributed by atoms with van der Waals surface area (Å²) in [6, 6.07) is 11.7. The molecule has 0 radical (unpaired) electrons. The fourth-order valence-electron chi connectivity index (χ4n) is 4.36. The van der Waals surface area contributed by atoms with Crippen molar-refractivity contribution in [3.8, 4) is 0 Å². The zero-order valence-corrected chi connectivity index (χ0v) is 16.4. The first-order valence-corrected chi connectivity index (χ1v) is 9.11. The number of hydrogen-bond donors (Lipinski definition) is 2. The van der Waals surface area contributed by atoms with Crippen LogP contribution in [0.4, 0.5) is 4.39 Å². The van der Waals surface area contributed by atoms with Crippen LogP contribution >= 0.6 is 13.5 Å². The minimum absolute atomic E-state index is 0. The summed E-state index contributed by atoms with van der Waals surface area (Å²) in [6.07, 6.45) is 2.91. The Morgan fingerprint density at radius 3 is 2.75 bits per heavy atom. The molecule has 2 aromatic rings. The van der Waals surface area contributed by atoms with E-state index in [1.165, 1.54) is 12.1 Å². The van der Waals surface area contributed by atoms with Gasteiger partial charge in [0.25, 0.3) is 5.91 Å². The van der Waals surface area contributed by atoms with Crippen LogP contribution in [0.2, 0.25) is 0 Å². The molecule has 1 heterocycles. The van der Waals surface area contributed by atoms with Crippen molar-refractivity contribution in [1.29, 1.82) is 0 Å². The molecule has 1 saturated heterocycles. The summed E-state index contributed by atoms with van der Waals surface area (Å²) < 4.78 is 13.4. The molecule has 1 aliphatic carbocycles. The van der Waals surface area contributed by atoms with Gasteiger partial charge in [-0.2, -0.15) is 13.5 Å². The summed E-state index contributed by atoms with van der Waals surface area (Å²) in [5, 5.41) is 8.79. The number of nitrogens with zero attached hydrogens (tertiary/aromatic N) is 1. The van der Waals surface area contributed by atoms with Crippen LogP contribution in [-0.2, 0) is 24.2 Å². The SMILES string of the molecule is O=C(NO)c1ccc2c(c1)CC[C@@]1(CCN(Cc3cccc(F)c3)C1=O)C2.S. The van der Waals surface area contributed by atoms with Gasteiger partial charge in [-0.15, -0.1) is 0 Å². The highest BCUT2D eigenvalue weighted by Crippen LogP contribution is 2.44. The summed E-state index contributed by atoms with van der Waals surface area (Å²) in [5.74, 6) is -0.686. The van der Waals surface area contributed by atoms with Crippen molar-refractivity contribution >= 4 is 25.3 Å². The molecular weight excluding hydrogens is 379 g/mol. The van der Waals surface area contributed by atoms with E-state index in [1.807, 2.05) is 17.0 Å². The fraction of sp³-hybridized carbons (Fsp3) is 0.333. The van der Waals surface area contributed by atoms with Gasteiger partial charge in [-0.1, -0.05) is 18.2 Å². The van der Waals surface area contributed by atoms with E-state index >= 15 is 0 Å². The number of halogens is 1. The number of carbonyl (C=O) groups excluding carboxylic acids is 2. The van der Waals surface area contributed by atoms with E-state index in [-0.39, 0.29) is 25.2 Å². The number of carbonyl (C=O) groups is 2. The van der Waals surface area contributed by atoms with Gasteiger partial charge < -0.3 is 4.90 Å². The van der Waals surface area contributed by atoms with Crippen molar-refractivity contribution in [3.05, 3.63) is 70.5 Å². The van der Waals surface area contributed by atoms with E-state index in [2.05, 4.69) is 0 Å². The Morgan fingerprint density at radius 2 is 2.00 bits per heavy atom. The lowest BCUT2D eigenvalue weighted by atomic mass is 9.70. The second-order valence-electron chi connectivity index (χ2n) is 7.49. The molecule has 5 nitrogen and oxygen atoms in total. The monoisotopic (exact) mass is 402 g/mol. The van der Waals surface area contributed by atoms with Crippen molar-refractivity contribution in [1.82, 2.24) is 10.4 Å². The second-order valence-corrected chi connectivity index (χ2v) is 7.49. The molecule has 1 fully saturated rings. The molecule has 7 heteroatoms. The Labute approximate surface area is 170 Å². The molecule has 0 unspecified atom stereocenters. The van der Waals surface area contributed by atoms with E-state index in [0.29, 0.717) is 25.1 Å². The highest BCUT2D eigenvalue weighted by atomic mass is 32.1. The number of aryl methyl sites for hydroxylation is 1. The van der Waals surface area contributed by atoms with Gasteiger partial charge in [-0.05, 0) is 66.6 Å². The Morgan fingerprint density at radius 1 is 1.18 bits per heavy atom. The Hall–Kier alpha value is -2.38. The Kier molecular flexibility index (Phi) is 5.76. The van der Waals surface area contributed by atoms with Crippen LogP contribution < -0.4 is 5.48 Å². The van der Waals surface area contributed by atoms with Crippen LogP contribution in [0.1, 0.15) is 39.9 Å². The summed E-state index contributed by atoms with van der Waals surface area (Å²) in [7, 11) is 0. The van der Waals surface area contributed by atoms with Crippen molar-refractivity contribution < 1.29 is 19.2 Å². The number of rotatable bonds is 3. The first kappa shape index (κ1) is 20.4. The van der Waals surface area contributed by atoms with Crippen LogP contribution in [0.5, 0.6) is 0 Å². The summed E-state index contributed by atoms with van der Waals surface area (Å²) in [6.45, 7) is 1.11. The molecule has 2 N–H and O–H groups in total. The highest BCUT2D eigenvalue weighted by Gasteiger charge is 2.47. The van der Waals surface area contributed by atoms with Gasteiger partial charge >= 0.3 is 0 Å². The first-order chi connectivity index (χ1) is 13.0. The van der Waals surface area contributed by atoms with Gasteiger partial charge in [0.2, 0.25) is 5.91 Å². The topological polar surface area (TPSA) is 69.6 Å². The predicted octanol–water partition coefficient (Wildman–Crippen LogP) is 2.97. The molecule has 148 valence electrons. The lowest BCUT2D eigenvalue weighted by Crippen LogP contribution is -2.38. The van der Waals surface area contributed by atoms with Gasteiger partial charge in [-0.25, -0.2) is 9.87 Å². The summed E-state index contributed by atoms with van der Waals surface area (Å²) in [5.41, 5.74) is 4.60. The number of fused-ring (bicyclic) bond motifs is 1. The number of benzene rings is 2. The van der Waals surface area contributed by atoms with Gasteiger partial charge in [0.1, 0.15) is 5.82 Å². The zero-order valence-electron chi connectivity index (χ0n) is 15.4. The lowest BCUT2D eigenvalue weighted by Gasteiger charge is -2.33. The molecule has 4 rings (SSSR count). The average molecular weight is 402 g/mol. The minimum atomic E-state index is -0.531. The Bertz CT molecular complexity index is 920. The average Bonchev–Trinajstić information content (AvgIpc) is 2.96. The molecule has 1 atom stereocenters. The molecular formula is C21H23FN2O3S. The number of nitrogens with one attached hydrogen (secondary N) is 1.